The molecule has 5 nitrogen and oxygen atoms in total. The summed E-state index contributed by atoms with van der Waals surface area (Å²) < 4.78 is 7.34. The van der Waals surface area contributed by atoms with Crippen LogP contribution in [0, 0.1) is 19.8 Å². The van der Waals surface area contributed by atoms with Gasteiger partial charge in [0, 0.05) is 23.1 Å². The Morgan fingerprint density at radius 2 is 1.96 bits per heavy atom. The number of halogens is 1. The lowest BCUT2D eigenvalue weighted by Crippen LogP contribution is -2.48. The number of methoxy groups -OCH3 is 1. The van der Waals surface area contributed by atoms with E-state index in [0.717, 1.165) is 47.9 Å². The number of aryl methyl sites for hydroxylation is 1. The number of aromatic nitrogens is 1. The Kier molecular flexibility index (Phi) is 6.73. The molecule has 0 bridgehead atoms. The van der Waals surface area contributed by atoms with Crippen molar-refractivity contribution in [2.45, 2.75) is 33.2 Å². The predicted molar refractivity (Wildman–Crippen MR) is 107 cm³/mol. The molecule has 2 atom stereocenters. The van der Waals surface area contributed by atoms with Crippen LogP contribution < -0.4 is 15.4 Å². The number of rotatable bonds is 4. The van der Waals surface area contributed by atoms with Gasteiger partial charge in [0.05, 0.1) is 12.7 Å². The average Bonchev–Trinajstić information content (AvgIpc) is 2.91. The Morgan fingerprint density at radius 1 is 1.27 bits per heavy atom. The molecule has 2 aromatic rings. The molecule has 6 heteroatoms. The molecule has 1 aromatic heterocycles. The van der Waals surface area contributed by atoms with Gasteiger partial charge in [0.1, 0.15) is 5.75 Å². The quantitative estimate of drug-likeness (QED) is 0.859. The Labute approximate surface area is 161 Å². The first-order valence-electron chi connectivity index (χ1n) is 8.86. The lowest BCUT2D eigenvalue weighted by molar-refractivity contribution is 0.0913. The number of amides is 1. The van der Waals surface area contributed by atoms with Crippen molar-refractivity contribution in [2.24, 2.45) is 5.92 Å². The maximum absolute atomic E-state index is 12.8. The molecule has 2 N–H and O–H groups in total. The first kappa shape index (κ1) is 20.3. The number of ether oxygens (including phenoxy) is 1. The zero-order valence-electron chi connectivity index (χ0n) is 15.8. The number of nitrogens with one attached hydrogen (secondary N) is 2. The van der Waals surface area contributed by atoms with Gasteiger partial charge in [0.15, 0.2) is 0 Å². The van der Waals surface area contributed by atoms with Gasteiger partial charge in [-0.05, 0) is 69.6 Å². The van der Waals surface area contributed by atoms with Crippen molar-refractivity contribution in [3.05, 3.63) is 47.3 Å². The third-order valence-corrected chi connectivity index (χ3v) is 5.11. The summed E-state index contributed by atoms with van der Waals surface area (Å²) in [4.78, 5) is 12.8. The van der Waals surface area contributed by atoms with Crippen LogP contribution in [-0.4, -0.2) is 36.7 Å². The average molecular weight is 378 g/mol. The topological polar surface area (TPSA) is 55.3 Å². The number of carbonyl (C=O) groups is 1. The van der Waals surface area contributed by atoms with Gasteiger partial charge in [-0.2, -0.15) is 0 Å². The van der Waals surface area contributed by atoms with Crippen molar-refractivity contribution in [1.82, 2.24) is 15.2 Å². The van der Waals surface area contributed by atoms with E-state index < -0.39 is 0 Å². The number of nitrogens with zero attached hydrogens (tertiary/aromatic N) is 1. The zero-order chi connectivity index (χ0) is 18.0. The molecule has 0 radical (unpaired) electrons. The van der Waals surface area contributed by atoms with Crippen molar-refractivity contribution in [3.63, 3.8) is 0 Å². The molecule has 1 saturated heterocycles. The van der Waals surface area contributed by atoms with Crippen LogP contribution in [0.1, 0.15) is 35.1 Å². The van der Waals surface area contributed by atoms with E-state index in [0.29, 0.717) is 5.92 Å². The smallest absolute Gasteiger partial charge is 0.253 e. The molecule has 26 heavy (non-hydrogen) atoms. The Hall–Kier alpha value is -1.98. The molecule has 2 unspecified atom stereocenters. The number of hydrogen-bond acceptors (Lipinski definition) is 3. The van der Waals surface area contributed by atoms with E-state index in [-0.39, 0.29) is 24.4 Å². The molecule has 0 saturated carbocycles. The highest BCUT2D eigenvalue weighted by molar-refractivity contribution is 5.96. The minimum absolute atomic E-state index is 0. The van der Waals surface area contributed by atoms with E-state index in [1.54, 1.807) is 7.11 Å². The van der Waals surface area contributed by atoms with E-state index in [9.17, 15) is 4.79 Å². The fraction of sp³-hybridized carbons (Fsp3) is 0.450. The van der Waals surface area contributed by atoms with Crippen molar-refractivity contribution in [1.29, 1.82) is 0 Å². The molecular weight excluding hydrogens is 350 g/mol. The van der Waals surface area contributed by atoms with E-state index in [4.69, 9.17) is 4.74 Å². The third-order valence-electron chi connectivity index (χ3n) is 5.11. The second kappa shape index (κ2) is 8.60. The van der Waals surface area contributed by atoms with Crippen LogP contribution in [0.5, 0.6) is 5.75 Å². The summed E-state index contributed by atoms with van der Waals surface area (Å²) in [6.07, 6.45) is 0.976. The molecule has 0 aliphatic carbocycles. The molecule has 142 valence electrons. The summed E-state index contributed by atoms with van der Waals surface area (Å²) in [6.45, 7) is 8.12. The second-order valence-corrected chi connectivity index (χ2v) is 6.87. The second-order valence-electron chi connectivity index (χ2n) is 6.87. The number of hydrogen-bond donors (Lipinski definition) is 2. The largest absolute Gasteiger partial charge is 0.497 e. The Balaban J connectivity index is 0.00000243. The van der Waals surface area contributed by atoms with Gasteiger partial charge in [0.2, 0.25) is 0 Å². The fourth-order valence-corrected chi connectivity index (χ4v) is 3.60. The van der Waals surface area contributed by atoms with Crippen LogP contribution in [-0.2, 0) is 0 Å². The molecule has 1 aliphatic rings. The maximum Gasteiger partial charge on any atom is 0.253 e. The van der Waals surface area contributed by atoms with Gasteiger partial charge >= 0.3 is 0 Å². The molecule has 1 aliphatic heterocycles. The van der Waals surface area contributed by atoms with E-state index in [1.807, 2.05) is 44.2 Å². The highest BCUT2D eigenvalue weighted by Crippen LogP contribution is 2.23. The zero-order valence-corrected chi connectivity index (χ0v) is 16.7. The minimum Gasteiger partial charge on any atom is -0.497 e. The lowest BCUT2D eigenvalue weighted by Gasteiger charge is -2.30. The summed E-state index contributed by atoms with van der Waals surface area (Å²) in [5.74, 6) is 1.29. The molecule has 1 amide bonds. The van der Waals surface area contributed by atoms with Gasteiger partial charge in [0.25, 0.3) is 5.91 Å². The molecule has 0 spiro atoms. The van der Waals surface area contributed by atoms with Crippen LogP contribution in [0.15, 0.2) is 30.3 Å². The number of benzene rings is 1. The number of carbonyl (C=O) groups excluding carboxylic acids is 1. The minimum atomic E-state index is 0. The van der Waals surface area contributed by atoms with Gasteiger partial charge in [-0.25, -0.2) is 0 Å². The molecule has 2 heterocycles. The Morgan fingerprint density at radius 3 is 2.58 bits per heavy atom. The summed E-state index contributed by atoms with van der Waals surface area (Å²) in [6, 6.07) is 10.1. The van der Waals surface area contributed by atoms with Crippen molar-refractivity contribution >= 4 is 18.3 Å². The van der Waals surface area contributed by atoms with Crippen molar-refractivity contribution in [2.75, 3.05) is 20.2 Å². The SMILES string of the molecule is COc1ccc(-n2c(C)cc(C(=O)NC3CCNCC3C)c2C)cc1.Cl. The van der Waals surface area contributed by atoms with Gasteiger partial charge in [-0.3, -0.25) is 4.79 Å². The van der Waals surface area contributed by atoms with E-state index in [1.165, 1.54) is 0 Å². The normalized spacial score (nSPS) is 19.5. The molecule has 1 aromatic carbocycles. The molecule has 3 rings (SSSR count). The van der Waals surface area contributed by atoms with Crippen LogP contribution in [0.2, 0.25) is 0 Å². The van der Waals surface area contributed by atoms with Crippen molar-refractivity contribution in [3.8, 4) is 11.4 Å². The first-order valence-corrected chi connectivity index (χ1v) is 8.86. The van der Waals surface area contributed by atoms with E-state index in [2.05, 4.69) is 22.1 Å². The highest BCUT2D eigenvalue weighted by atomic mass is 35.5. The van der Waals surface area contributed by atoms with Gasteiger partial charge in [-0.15, -0.1) is 12.4 Å². The first-order chi connectivity index (χ1) is 12.0. The summed E-state index contributed by atoms with van der Waals surface area (Å²) in [5, 5.41) is 6.59. The van der Waals surface area contributed by atoms with Crippen molar-refractivity contribution < 1.29 is 9.53 Å². The third kappa shape index (κ3) is 4.05. The van der Waals surface area contributed by atoms with Crippen LogP contribution in [0.25, 0.3) is 5.69 Å². The summed E-state index contributed by atoms with van der Waals surface area (Å²) in [7, 11) is 1.66. The maximum atomic E-state index is 12.8. The van der Waals surface area contributed by atoms with Crippen LogP contribution in [0.4, 0.5) is 0 Å². The predicted octanol–water partition coefficient (Wildman–Crippen LogP) is 3.25. The molecule has 1 fully saturated rings. The summed E-state index contributed by atoms with van der Waals surface area (Å²) >= 11 is 0. The van der Waals surface area contributed by atoms with Crippen LogP contribution in [0.3, 0.4) is 0 Å². The highest BCUT2D eigenvalue weighted by Gasteiger charge is 2.25. The fourth-order valence-electron chi connectivity index (χ4n) is 3.60. The van der Waals surface area contributed by atoms with E-state index >= 15 is 0 Å². The lowest BCUT2D eigenvalue weighted by atomic mass is 9.95. The summed E-state index contributed by atoms with van der Waals surface area (Å²) in [5.41, 5.74) is 3.79. The van der Waals surface area contributed by atoms with Gasteiger partial charge in [-0.1, -0.05) is 6.92 Å². The molecular formula is C20H28ClN3O2. The number of piperidine rings is 1. The Bertz CT molecular complexity index is 755. The monoisotopic (exact) mass is 377 g/mol. The standard InChI is InChI=1S/C20H27N3O2.ClH/c1-13-12-21-10-9-19(13)22-20(24)18-11-14(2)23(15(18)3)16-5-7-17(25-4)8-6-16;/h5-8,11,13,19,21H,9-10,12H2,1-4H3,(H,22,24);1H. The van der Waals surface area contributed by atoms with Crippen LogP contribution >= 0.6 is 12.4 Å². The van der Waals surface area contributed by atoms with Gasteiger partial charge < -0.3 is 19.9 Å².